The number of rotatable bonds is 5. The summed E-state index contributed by atoms with van der Waals surface area (Å²) in [7, 11) is 0. The Bertz CT molecular complexity index is 174. The molecule has 0 aliphatic heterocycles. The van der Waals surface area contributed by atoms with E-state index in [9.17, 15) is 18.3 Å². The molecule has 92 valence electrons. The molecule has 0 amide bonds. The topological polar surface area (TPSA) is 20.2 Å². The van der Waals surface area contributed by atoms with Gasteiger partial charge in [-0.3, -0.25) is 0 Å². The van der Waals surface area contributed by atoms with Gasteiger partial charge in [0.25, 0.3) is 0 Å². The van der Waals surface area contributed by atoms with Crippen LogP contribution in [-0.2, 0) is 0 Å². The molecule has 0 saturated heterocycles. The number of aliphatic hydroxyl groups is 1. The van der Waals surface area contributed by atoms with Gasteiger partial charge in [0.1, 0.15) is 0 Å². The summed E-state index contributed by atoms with van der Waals surface area (Å²) in [6, 6.07) is 0. The second-order valence-corrected chi connectivity index (χ2v) is 5.83. The van der Waals surface area contributed by atoms with E-state index >= 15 is 0 Å². The van der Waals surface area contributed by atoms with E-state index in [2.05, 4.69) is 0 Å². The van der Waals surface area contributed by atoms with Crippen molar-refractivity contribution in [3.63, 3.8) is 0 Å². The Morgan fingerprint density at radius 1 is 1.13 bits per heavy atom. The molecule has 0 bridgehead atoms. The smallest absolute Gasteiger partial charge is 0.393 e. The number of thioether (sulfide) groups is 1. The second kappa shape index (κ2) is 5.99. The van der Waals surface area contributed by atoms with Crippen LogP contribution in [0.25, 0.3) is 0 Å². The lowest BCUT2D eigenvalue weighted by Gasteiger charge is -2.25. The molecule has 1 atom stereocenters. The molecular formula is C10H19F3OS. The van der Waals surface area contributed by atoms with E-state index in [1.165, 1.54) is 0 Å². The third-order valence-electron chi connectivity index (χ3n) is 2.14. The van der Waals surface area contributed by atoms with Crippen LogP contribution < -0.4 is 0 Å². The largest absolute Gasteiger partial charge is 0.441 e. The van der Waals surface area contributed by atoms with E-state index < -0.39 is 11.6 Å². The summed E-state index contributed by atoms with van der Waals surface area (Å²) in [5.41, 5.74) is -4.31. The molecule has 0 spiro atoms. The fourth-order valence-corrected chi connectivity index (χ4v) is 1.64. The minimum absolute atomic E-state index is 0.0111. The normalized spacial score (nSPS) is 15.4. The molecule has 0 aromatic heterocycles. The summed E-state index contributed by atoms with van der Waals surface area (Å²) >= 11 is 0.0111. The number of unbranched alkanes of at least 4 members (excludes halogenated alkanes) is 1. The van der Waals surface area contributed by atoms with Crippen LogP contribution in [0, 0.1) is 5.41 Å². The number of alkyl halides is 3. The van der Waals surface area contributed by atoms with E-state index in [0.29, 0.717) is 19.3 Å². The zero-order chi connectivity index (χ0) is 12.1. The number of halogens is 3. The highest BCUT2D eigenvalue weighted by Crippen LogP contribution is 2.31. The van der Waals surface area contributed by atoms with Crippen LogP contribution in [0.3, 0.4) is 0 Å². The van der Waals surface area contributed by atoms with Crippen molar-refractivity contribution in [2.45, 2.75) is 51.6 Å². The second-order valence-electron chi connectivity index (χ2n) is 4.67. The van der Waals surface area contributed by atoms with Crippen LogP contribution in [-0.4, -0.2) is 22.5 Å². The minimum atomic E-state index is -4.12. The molecule has 0 aromatic rings. The average Bonchev–Trinajstić information content (AvgIpc) is 1.99. The molecule has 1 nitrogen and oxygen atoms in total. The molecule has 0 heterocycles. The molecule has 15 heavy (non-hydrogen) atoms. The van der Waals surface area contributed by atoms with Crippen LogP contribution in [0.2, 0.25) is 0 Å². The molecule has 0 aromatic carbocycles. The van der Waals surface area contributed by atoms with Gasteiger partial charge in [0, 0.05) is 5.75 Å². The summed E-state index contributed by atoms with van der Waals surface area (Å²) in [6.45, 7) is 5.76. The number of aliphatic hydroxyl groups excluding tert-OH is 1. The molecule has 5 heteroatoms. The predicted octanol–water partition coefficient (Wildman–Crippen LogP) is 3.82. The Labute approximate surface area is 93.4 Å². The fraction of sp³-hybridized carbons (Fsp3) is 1.00. The molecule has 0 saturated carbocycles. The SMILES string of the molecule is CC(C)(C)C(O)CCCCSC(F)(F)F. The summed E-state index contributed by atoms with van der Waals surface area (Å²) in [5, 5.41) is 9.62. The summed E-state index contributed by atoms with van der Waals surface area (Å²) in [5.74, 6) is 0.0837. The zero-order valence-electron chi connectivity index (χ0n) is 9.40. The van der Waals surface area contributed by atoms with Crippen LogP contribution in [0.1, 0.15) is 40.0 Å². The van der Waals surface area contributed by atoms with Crippen LogP contribution >= 0.6 is 11.8 Å². The van der Waals surface area contributed by atoms with E-state index in [0.717, 1.165) is 0 Å². The van der Waals surface area contributed by atoms with Crippen molar-refractivity contribution in [1.82, 2.24) is 0 Å². The van der Waals surface area contributed by atoms with Gasteiger partial charge in [0.05, 0.1) is 6.10 Å². The van der Waals surface area contributed by atoms with Crippen LogP contribution in [0.15, 0.2) is 0 Å². The standard InChI is InChI=1S/C10H19F3OS/c1-9(2,3)8(14)6-4-5-7-15-10(11,12)13/h8,14H,4-7H2,1-3H3. The Balaban J connectivity index is 3.48. The van der Waals surface area contributed by atoms with E-state index in [1.54, 1.807) is 0 Å². The average molecular weight is 244 g/mol. The Morgan fingerprint density at radius 2 is 1.67 bits per heavy atom. The summed E-state index contributed by atoms with van der Waals surface area (Å²) in [4.78, 5) is 0. The van der Waals surface area contributed by atoms with Gasteiger partial charge in [-0.15, -0.1) is 0 Å². The Hall–Kier alpha value is 0.100. The van der Waals surface area contributed by atoms with E-state index in [-0.39, 0.29) is 22.9 Å². The lowest BCUT2D eigenvalue weighted by molar-refractivity contribution is -0.0328. The van der Waals surface area contributed by atoms with Gasteiger partial charge in [0.15, 0.2) is 0 Å². The molecule has 0 aliphatic carbocycles. The van der Waals surface area contributed by atoms with Crippen molar-refractivity contribution in [3.8, 4) is 0 Å². The monoisotopic (exact) mass is 244 g/mol. The Morgan fingerprint density at radius 3 is 2.07 bits per heavy atom. The van der Waals surface area contributed by atoms with Gasteiger partial charge in [-0.1, -0.05) is 39.0 Å². The van der Waals surface area contributed by atoms with Gasteiger partial charge < -0.3 is 5.11 Å². The molecule has 0 rings (SSSR count). The fourth-order valence-electron chi connectivity index (χ4n) is 1.06. The van der Waals surface area contributed by atoms with Crippen LogP contribution in [0.5, 0.6) is 0 Å². The summed E-state index contributed by atoms with van der Waals surface area (Å²) < 4.78 is 35.2. The maximum absolute atomic E-state index is 11.7. The van der Waals surface area contributed by atoms with Crippen molar-refractivity contribution in [2.75, 3.05) is 5.75 Å². The molecule has 0 radical (unpaired) electrons. The van der Waals surface area contributed by atoms with Gasteiger partial charge in [-0.05, 0) is 18.3 Å². The maximum Gasteiger partial charge on any atom is 0.441 e. The van der Waals surface area contributed by atoms with Gasteiger partial charge in [-0.2, -0.15) is 13.2 Å². The van der Waals surface area contributed by atoms with Crippen molar-refractivity contribution in [2.24, 2.45) is 5.41 Å². The van der Waals surface area contributed by atoms with Crippen molar-refractivity contribution in [1.29, 1.82) is 0 Å². The van der Waals surface area contributed by atoms with E-state index in [4.69, 9.17) is 0 Å². The number of hydrogen-bond acceptors (Lipinski definition) is 2. The first-order chi connectivity index (χ1) is 6.63. The summed E-state index contributed by atoms with van der Waals surface area (Å²) in [6.07, 6.45) is 1.27. The van der Waals surface area contributed by atoms with Gasteiger partial charge in [0.2, 0.25) is 0 Å². The first kappa shape index (κ1) is 15.1. The quantitative estimate of drug-likeness (QED) is 0.742. The maximum atomic E-state index is 11.7. The van der Waals surface area contributed by atoms with Gasteiger partial charge in [-0.25, -0.2) is 0 Å². The van der Waals surface area contributed by atoms with E-state index in [1.807, 2.05) is 20.8 Å². The highest BCUT2D eigenvalue weighted by atomic mass is 32.2. The van der Waals surface area contributed by atoms with Gasteiger partial charge >= 0.3 is 5.51 Å². The molecule has 0 fully saturated rings. The molecule has 0 aliphatic rings. The molecule has 1 N–H and O–H groups in total. The first-order valence-electron chi connectivity index (χ1n) is 5.01. The highest BCUT2D eigenvalue weighted by molar-refractivity contribution is 8.00. The van der Waals surface area contributed by atoms with Crippen molar-refractivity contribution in [3.05, 3.63) is 0 Å². The lowest BCUT2D eigenvalue weighted by Crippen LogP contribution is -2.25. The minimum Gasteiger partial charge on any atom is -0.393 e. The Kier molecular flexibility index (Phi) is 6.03. The predicted molar refractivity (Wildman–Crippen MR) is 57.8 cm³/mol. The molecule has 1 unspecified atom stereocenters. The lowest BCUT2D eigenvalue weighted by atomic mass is 9.86. The zero-order valence-corrected chi connectivity index (χ0v) is 10.2. The van der Waals surface area contributed by atoms with Crippen molar-refractivity contribution < 1.29 is 18.3 Å². The molecular weight excluding hydrogens is 225 g/mol. The van der Waals surface area contributed by atoms with Crippen molar-refractivity contribution >= 4 is 11.8 Å². The third-order valence-corrected chi connectivity index (χ3v) is 2.96. The first-order valence-corrected chi connectivity index (χ1v) is 6.00. The van der Waals surface area contributed by atoms with Crippen LogP contribution in [0.4, 0.5) is 13.2 Å². The third kappa shape index (κ3) is 9.05. The number of hydrogen-bond donors (Lipinski definition) is 1. The highest BCUT2D eigenvalue weighted by Gasteiger charge is 2.27.